The lowest BCUT2D eigenvalue weighted by molar-refractivity contribution is 0.250. The minimum atomic E-state index is -0.242. The fraction of sp³-hybridized carbons (Fsp3) is 0.333. The van der Waals surface area contributed by atoms with E-state index >= 15 is 0 Å². The van der Waals surface area contributed by atoms with Gasteiger partial charge in [0.05, 0.1) is 6.54 Å². The van der Waals surface area contributed by atoms with Crippen LogP contribution in [0, 0.1) is 5.82 Å². The Bertz CT molecular complexity index is 1060. The molecule has 32 heavy (non-hydrogen) atoms. The van der Waals surface area contributed by atoms with Crippen LogP contribution in [-0.2, 0) is 13.0 Å². The molecule has 0 saturated carbocycles. The van der Waals surface area contributed by atoms with Crippen LogP contribution in [0.3, 0.4) is 0 Å². The summed E-state index contributed by atoms with van der Waals surface area (Å²) >= 11 is 0. The van der Waals surface area contributed by atoms with Crippen LogP contribution < -0.4 is 21.3 Å². The number of hydrogen-bond acceptors (Lipinski definition) is 2. The van der Waals surface area contributed by atoms with Gasteiger partial charge in [0.25, 0.3) is 0 Å². The van der Waals surface area contributed by atoms with Crippen LogP contribution in [0.2, 0.25) is 0 Å². The van der Waals surface area contributed by atoms with Crippen molar-refractivity contribution in [2.45, 2.75) is 39.8 Å². The van der Waals surface area contributed by atoms with Gasteiger partial charge in [-0.25, -0.2) is 14.2 Å². The van der Waals surface area contributed by atoms with Gasteiger partial charge in [-0.15, -0.1) is 0 Å². The summed E-state index contributed by atoms with van der Waals surface area (Å²) in [6.07, 6.45) is 2.71. The Morgan fingerprint density at radius 3 is 2.62 bits per heavy atom. The molecule has 0 aliphatic rings. The first kappa shape index (κ1) is 23.1. The van der Waals surface area contributed by atoms with Crippen molar-refractivity contribution in [2.75, 3.05) is 18.4 Å². The Morgan fingerprint density at radius 1 is 1.12 bits per heavy atom. The Labute approximate surface area is 187 Å². The molecule has 0 saturated heterocycles. The third kappa shape index (κ3) is 6.73. The van der Waals surface area contributed by atoms with Gasteiger partial charge in [0, 0.05) is 41.9 Å². The van der Waals surface area contributed by atoms with E-state index in [2.05, 4.69) is 31.2 Å². The first-order valence-electron chi connectivity index (χ1n) is 10.9. The van der Waals surface area contributed by atoms with E-state index in [0.29, 0.717) is 13.1 Å². The van der Waals surface area contributed by atoms with Crippen LogP contribution in [0.1, 0.15) is 31.9 Å². The predicted molar refractivity (Wildman–Crippen MR) is 129 cm³/mol. The average Bonchev–Trinajstić information content (AvgIpc) is 3.14. The van der Waals surface area contributed by atoms with Crippen molar-refractivity contribution in [2.24, 2.45) is 4.99 Å². The highest BCUT2D eigenvalue weighted by molar-refractivity contribution is 5.89. The van der Waals surface area contributed by atoms with Crippen LogP contribution in [-0.4, -0.2) is 36.1 Å². The molecule has 0 radical (unpaired) electrons. The van der Waals surface area contributed by atoms with Gasteiger partial charge in [-0.1, -0.05) is 12.1 Å². The van der Waals surface area contributed by atoms with Gasteiger partial charge in [0.1, 0.15) is 5.82 Å². The number of amides is 2. The van der Waals surface area contributed by atoms with Crippen molar-refractivity contribution in [1.82, 2.24) is 20.9 Å². The minimum Gasteiger partial charge on any atom is -0.361 e. The average molecular weight is 439 g/mol. The molecule has 1 aromatic heterocycles. The number of carbonyl (C=O) groups excluding carboxylic acids is 1. The number of urea groups is 1. The summed E-state index contributed by atoms with van der Waals surface area (Å²) in [5.41, 5.74) is 3.71. The molecule has 7 nitrogen and oxygen atoms in total. The number of hydrogen-bond donors (Lipinski definition) is 5. The molecule has 0 spiro atoms. The maximum Gasteiger partial charge on any atom is 0.319 e. The van der Waals surface area contributed by atoms with Crippen LogP contribution in [0.15, 0.2) is 53.7 Å². The Hall–Kier alpha value is -3.55. The fourth-order valence-corrected chi connectivity index (χ4v) is 3.32. The van der Waals surface area contributed by atoms with Gasteiger partial charge >= 0.3 is 6.03 Å². The normalized spacial score (nSPS) is 11.6. The lowest BCUT2D eigenvalue weighted by Crippen LogP contribution is -2.38. The van der Waals surface area contributed by atoms with Gasteiger partial charge < -0.3 is 26.3 Å². The first-order chi connectivity index (χ1) is 15.4. The smallest absolute Gasteiger partial charge is 0.319 e. The molecule has 3 rings (SSSR count). The standard InChI is InChI=1S/C24H31FN6O/c1-4-26-23(27-12-11-18-15-28-22-13-19(25)7-10-21(18)22)29-14-17-5-8-20(9-6-17)31-24(32)30-16(2)3/h5-10,13,15-16,28H,4,11-12,14H2,1-3H3,(H2,26,27,29)(H2,30,31,32). The number of benzene rings is 2. The van der Waals surface area contributed by atoms with Gasteiger partial charge in [0.2, 0.25) is 0 Å². The molecule has 5 N–H and O–H groups in total. The molecule has 0 fully saturated rings. The largest absolute Gasteiger partial charge is 0.361 e. The number of fused-ring (bicyclic) bond motifs is 1. The van der Waals surface area contributed by atoms with Crippen molar-refractivity contribution >= 4 is 28.6 Å². The van der Waals surface area contributed by atoms with Gasteiger partial charge in [0.15, 0.2) is 5.96 Å². The highest BCUT2D eigenvalue weighted by Crippen LogP contribution is 2.19. The highest BCUT2D eigenvalue weighted by Gasteiger charge is 2.06. The van der Waals surface area contributed by atoms with Crippen molar-refractivity contribution in [3.05, 3.63) is 65.6 Å². The number of aromatic amines is 1. The number of halogens is 1. The number of nitrogens with zero attached hydrogens (tertiary/aromatic N) is 1. The van der Waals surface area contributed by atoms with E-state index in [1.165, 1.54) is 12.1 Å². The molecule has 1 heterocycles. The van der Waals surface area contributed by atoms with E-state index in [0.717, 1.165) is 46.6 Å². The second kappa shape index (κ2) is 11.2. The number of aliphatic imine (C=N–C) groups is 1. The Kier molecular flexibility index (Phi) is 8.08. The van der Waals surface area contributed by atoms with E-state index in [9.17, 15) is 9.18 Å². The molecule has 0 aliphatic heterocycles. The predicted octanol–water partition coefficient (Wildman–Crippen LogP) is 4.13. The summed E-state index contributed by atoms with van der Waals surface area (Å²) in [5, 5.41) is 13.2. The molecular weight excluding hydrogens is 407 g/mol. The lowest BCUT2D eigenvalue weighted by Gasteiger charge is -2.12. The molecule has 0 aliphatic carbocycles. The van der Waals surface area contributed by atoms with Crippen LogP contribution >= 0.6 is 0 Å². The Morgan fingerprint density at radius 2 is 1.91 bits per heavy atom. The maximum atomic E-state index is 13.4. The van der Waals surface area contributed by atoms with Crippen molar-refractivity contribution in [3.8, 4) is 0 Å². The minimum absolute atomic E-state index is 0.0829. The van der Waals surface area contributed by atoms with E-state index < -0.39 is 0 Å². The van der Waals surface area contributed by atoms with Crippen LogP contribution in [0.4, 0.5) is 14.9 Å². The summed E-state index contributed by atoms with van der Waals surface area (Å²) in [4.78, 5) is 19.6. The lowest BCUT2D eigenvalue weighted by atomic mass is 10.1. The number of guanidine groups is 1. The van der Waals surface area contributed by atoms with E-state index in [1.54, 1.807) is 6.07 Å². The molecule has 170 valence electrons. The van der Waals surface area contributed by atoms with Crippen LogP contribution in [0.25, 0.3) is 10.9 Å². The molecule has 8 heteroatoms. The number of rotatable bonds is 8. The molecular formula is C24H31FN6O. The zero-order valence-corrected chi connectivity index (χ0v) is 18.8. The number of aromatic nitrogens is 1. The van der Waals surface area contributed by atoms with Gasteiger partial charge in [-0.05, 0) is 68.7 Å². The Balaban J connectivity index is 1.53. The summed E-state index contributed by atoms with van der Waals surface area (Å²) in [5.74, 6) is 0.491. The topological polar surface area (TPSA) is 93.3 Å². The van der Waals surface area contributed by atoms with Gasteiger partial charge in [-0.3, -0.25) is 0 Å². The van der Waals surface area contributed by atoms with Crippen molar-refractivity contribution in [1.29, 1.82) is 0 Å². The maximum absolute atomic E-state index is 13.4. The third-order valence-corrected chi connectivity index (χ3v) is 4.81. The van der Waals surface area contributed by atoms with E-state index in [1.807, 2.05) is 51.2 Å². The molecule has 2 aromatic carbocycles. The number of H-pyrrole nitrogens is 1. The third-order valence-electron chi connectivity index (χ3n) is 4.81. The quantitative estimate of drug-likeness (QED) is 0.270. The number of carbonyl (C=O) groups is 1. The fourth-order valence-electron chi connectivity index (χ4n) is 3.32. The first-order valence-corrected chi connectivity index (χ1v) is 10.9. The number of anilines is 1. The van der Waals surface area contributed by atoms with Gasteiger partial charge in [-0.2, -0.15) is 0 Å². The van der Waals surface area contributed by atoms with Crippen molar-refractivity contribution < 1.29 is 9.18 Å². The molecule has 2 amide bonds. The van der Waals surface area contributed by atoms with Crippen molar-refractivity contribution in [3.63, 3.8) is 0 Å². The summed E-state index contributed by atoms with van der Waals surface area (Å²) in [6, 6.07) is 12.3. The van der Waals surface area contributed by atoms with E-state index in [-0.39, 0.29) is 17.9 Å². The molecule has 0 unspecified atom stereocenters. The zero-order valence-electron chi connectivity index (χ0n) is 18.8. The second-order valence-electron chi connectivity index (χ2n) is 7.83. The SMILES string of the molecule is CCNC(=NCc1ccc(NC(=O)NC(C)C)cc1)NCCc1c[nH]c2cc(F)ccc12. The monoisotopic (exact) mass is 438 g/mol. The summed E-state index contributed by atoms with van der Waals surface area (Å²) < 4.78 is 13.4. The summed E-state index contributed by atoms with van der Waals surface area (Å²) in [7, 11) is 0. The van der Waals surface area contributed by atoms with Crippen LogP contribution in [0.5, 0.6) is 0 Å². The van der Waals surface area contributed by atoms with E-state index in [4.69, 9.17) is 0 Å². The second-order valence-corrected chi connectivity index (χ2v) is 7.83. The summed E-state index contributed by atoms with van der Waals surface area (Å²) in [6.45, 7) is 7.82. The molecule has 3 aromatic rings. The zero-order chi connectivity index (χ0) is 22.9. The molecule has 0 atom stereocenters. The molecule has 0 bridgehead atoms. The highest BCUT2D eigenvalue weighted by atomic mass is 19.1. The number of nitrogens with one attached hydrogen (secondary N) is 5.